The van der Waals surface area contributed by atoms with Crippen molar-refractivity contribution in [3.8, 4) is 0 Å². The van der Waals surface area contributed by atoms with Gasteiger partial charge in [0.15, 0.2) is 0 Å². The summed E-state index contributed by atoms with van der Waals surface area (Å²) in [5.74, 6) is -0.248. The van der Waals surface area contributed by atoms with E-state index in [-0.39, 0.29) is 39.7 Å². The number of sulfonamides is 1. The summed E-state index contributed by atoms with van der Waals surface area (Å²) in [6.07, 6.45) is 3.93. The summed E-state index contributed by atoms with van der Waals surface area (Å²) < 4.78 is 44.4. The van der Waals surface area contributed by atoms with Crippen molar-refractivity contribution in [1.82, 2.24) is 14.2 Å². The van der Waals surface area contributed by atoms with Crippen molar-refractivity contribution in [2.45, 2.75) is 43.7 Å². The first-order chi connectivity index (χ1) is 12.9. The average Bonchev–Trinajstić information content (AvgIpc) is 3.46. The Morgan fingerprint density at radius 1 is 1.29 bits per heavy atom. The Labute approximate surface area is 170 Å². The predicted molar refractivity (Wildman–Crippen MR) is 109 cm³/mol. The molecule has 1 atom stereocenters. The smallest absolute Gasteiger partial charge is 0.258 e. The number of benzene rings is 1. The molecule has 0 spiro atoms. The number of nitrogens with one attached hydrogen (secondary N) is 1. The molecule has 2 aromatic rings. The summed E-state index contributed by atoms with van der Waals surface area (Å²) >= 11 is 0. The van der Waals surface area contributed by atoms with E-state index in [1.54, 1.807) is 0 Å². The SMILES string of the molecule is C[C@H]1CNCCCN1S(=O)(=O)c1cccc2c(=O)n(CC3CC3)cc(F)c12.Cl. The van der Waals surface area contributed by atoms with Crippen LogP contribution in [-0.4, -0.2) is 43.0 Å². The molecule has 1 aromatic carbocycles. The van der Waals surface area contributed by atoms with Gasteiger partial charge in [0.05, 0.1) is 10.3 Å². The molecule has 6 nitrogen and oxygen atoms in total. The van der Waals surface area contributed by atoms with Crippen LogP contribution in [0.3, 0.4) is 0 Å². The average molecular weight is 430 g/mol. The number of hydrogen-bond acceptors (Lipinski definition) is 4. The topological polar surface area (TPSA) is 71.4 Å². The molecule has 0 unspecified atom stereocenters. The molecular weight excluding hydrogens is 405 g/mol. The molecule has 1 aromatic heterocycles. The summed E-state index contributed by atoms with van der Waals surface area (Å²) in [7, 11) is -3.92. The van der Waals surface area contributed by atoms with Crippen molar-refractivity contribution in [3.05, 3.63) is 40.6 Å². The summed E-state index contributed by atoms with van der Waals surface area (Å²) in [5, 5.41) is 3.23. The number of fused-ring (bicyclic) bond motifs is 1. The zero-order valence-corrected chi connectivity index (χ0v) is 17.4. The fourth-order valence-corrected chi connectivity index (χ4v) is 5.66. The van der Waals surface area contributed by atoms with Gasteiger partial charge in [-0.25, -0.2) is 12.8 Å². The van der Waals surface area contributed by atoms with E-state index < -0.39 is 15.8 Å². The number of rotatable bonds is 4. The lowest BCUT2D eigenvalue weighted by Gasteiger charge is -2.26. The van der Waals surface area contributed by atoms with Gasteiger partial charge >= 0.3 is 0 Å². The highest BCUT2D eigenvalue weighted by atomic mass is 35.5. The predicted octanol–water partition coefficient (Wildman–Crippen LogP) is 2.34. The first-order valence-corrected chi connectivity index (χ1v) is 10.9. The minimum atomic E-state index is -3.92. The van der Waals surface area contributed by atoms with E-state index in [2.05, 4.69) is 5.32 Å². The van der Waals surface area contributed by atoms with Crippen LogP contribution in [0.15, 0.2) is 34.1 Å². The number of pyridine rings is 1. The number of hydrogen-bond donors (Lipinski definition) is 1. The van der Waals surface area contributed by atoms with Gasteiger partial charge in [-0.05, 0) is 50.8 Å². The molecule has 0 bridgehead atoms. The van der Waals surface area contributed by atoms with E-state index >= 15 is 0 Å². The van der Waals surface area contributed by atoms with Crippen molar-refractivity contribution in [3.63, 3.8) is 0 Å². The van der Waals surface area contributed by atoms with E-state index in [1.165, 1.54) is 27.1 Å². The zero-order valence-electron chi connectivity index (χ0n) is 15.7. The van der Waals surface area contributed by atoms with Crippen LogP contribution >= 0.6 is 12.4 Å². The van der Waals surface area contributed by atoms with Crippen LogP contribution in [0.4, 0.5) is 4.39 Å². The Hall–Kier alpha value is -1.48. The maximum atomic E-state index is 15.0. The van der Waals surface area contributed by atoms with Gasteiger partial charge in [-0.3, -0.25) is 4.79 Å². The van der Waals surface area contributed by atoms with Crippen LogP contribution in [0, 0.1) is 11.7 Å². The fraction of sp³-hybridized carbons (Fsp3) is 0.526. The highest BCUT2D eigenvalue weighted by Gasteiger charge is 2.32. The molecule has 4 rings (SSSR count). The van der Waals surface area contributed by atoms with Gasteiger partial charge in [0, 0.05) is 37.3 Å². The molecule has 0 amide bonds. The lowest BCUT2D eigenvalue weighted by molar-refractivity contribution is 0.353. The van der Waals surface area contributed by atoms with Crippen molar-refractivity contribution >= 4 is 33.2 Å². The van der Waals surface area contributed by atoms with Crippen LogP contribution in [0.2, 0.25) is 0 Å². The third-order valence-electron chi connectivity index (χ3n) is 5.43. The second-order valence-electron chi connectivity index (χ2n) is 7.58. The fourth-order valence-electron chi connectivity index (χ4n) is 3.78. The molecule has 2 fully saturated rings. The normalized spacial score (nSPS) is 21.3. The summed E-state index contributed by atoms with van der Waals surface area (Å²) in [5.41, 5.74) is -0.332. The van der Waals surface area contributed by atoms with Crippen LogP contribution < -0.4 is 10.9 Å². The van der Waals surface area contributed by atoms with Crippen molar-refractivity contribution < 1.29 is 12.8 Å². The number of halogens is 2. The molecule has 1 N–H and O–H groups in total. The van der Waals surface area contributed by atoms with Gasteiger partial charge in [-0.1, -0.05) is 6.07 Å². The molecule has 154 valence electrons. The number of nitrogens with zero attached hydrogens (tertiary/aromatic N) is 2. The summed E-state index contributed by atoms with van der Waals surface area (Å²) in [6, 6.07) is 4.19. The second kappa shape index (κ2) is 8.10. The molecule has 28 heavy (non-hydrogen) atoms. The standard InChI is InChI=1S/C19H24FN3O3S.ClH/c1-13-10-21-8-3-9-23(13)27(25,26)17-5-2-4-15-18(17)16(20)12-22(19(15)24)11-14-6-7-14;/h2,4-5,12-14,21H,3,6-11H2,1H3;1H/t13-;/m0./s1. The van der Waals surface area contributed by atoms with Crippen molar-refractivity contribution in [2.75, 3.05) is 19.6 Å². The first kappa shape index (κ1) is 21.2. The highest BCUT2D eigenvalue weighted by Crippen LogP contribution is 2.31. The third-order valence-corrected chi connectivity index (χ3v) is 7.48. The molecule has 1 saturated heterocycles. The van der Waals surface area contributed by atoms with Gasteiger partial charge < -0.3 is 9.88 Å². The molecule has 0 radical (unpaired) electrons. The Balaban J connectivity index is 0.00000225. The Morgan fingerprint density at radius 3 is 2.75 bits per heavy atom. The van der Waals surface area contributed by atoms with Crippen LogP contribution in [0.5, 0.6) is 0 Å². The maximum absolute atomic E-state index is 15.0. The lowest BCUT2D eigenvalue weighted by Crippen LogP contribution is -2.41. The van der Waals surface area contributed by atoms with Crippen molar-refractivity contribution in [2.24, 2.45) is 5.92 Å². The quantitative estimate of drug-likeness (QED) is 0.809. The maximum Gasteiger partial charge on any atom is 0.258 e. The minimum Gasteiger partial charge on any atom is -0.315 e. The van der Waals surface area contributed by atoms with Gasteiger partial charge in [0.2, 0.25) is 10.0 Å². The molecule has 2 heterocycles. The number of aromatic nitrogens is 1. The van der Waals surface area contributed by atoms with E-state index in [0.717, 1.165) is 25.6 Å². The van der Waals surface area contributed by atoms with Crippen LogP contribution in [0.25, 0.3) is 10.8 Å². The molecular formula is C19H25ClFN3O3S. The molecule has 1 aliphatic heterocycles. The Bertz CT molecular complexity index is 1040. The van der Waals surface area contributed by atoms with E-state index in [0.29, 0.717) is 32.0 Å². The van der Waals surface area contributed by atoms with E-state index in [1.807, 2.05) is 6.92 Å². The minimum absolute atomic E-state index is 0. The summed E-state index contributed by atoms with van der Waals surface area (Å²) in [4.78, 5) is 12.7. The molecule has 9 heteroatoms. The van der Waals surface area contributed by atoms with Gasteiger partial charge in [-0.2, -0.15) is 4.31 Å². The molecule has 2 aliphatic rings. The third kappa shape index (κ3) is 3.83. The Morgan fingerprint density at radius 2 is 2.04 bits per heavy atom. The largest absolute Gasteiger partial charge is 0.315 e. The summed E-state index contributed by atoms with van der Waals surface area (Å²) in [6.45, 7) is 3.97. The van der Waals surface area contributed by atoms with Crippen LogP contribution in [0.1, 0.15) is 26.2 Å². The highest BCUT2D eigenvalue weighted by molar-refractivity contribution is 7.89. The van der Waals surface area contributed by atoms with Gasteiger partial charge in [0.1, 0.15) is 5.82 Å². The lowest BCUT2D eigenvalue weighted by atomic mass is 10.1. The Kier molecular flexibility index (Phi) is 6.14. The van der Waals surface area contributed by atoms with Gasteiger partial charge in [0.25, 0.3) is 5.56 Å². The zero-order chi connectivity index (χ0) is 19.2. The van der Waals surface area contributed by atoms with E-state index in [9.17, 15) is 17.6 Å². The van der Waals surface area contributed by atoms with Crippen LogP contribution in [-0.2, 0) is 16.6 Å². The van der Waals surface area contributed by atoms with Gasteiger partial charge in [-0.15, -0.1) is 12.4 Å². The molecule has 1 aliphatic carbocycles. The monoisotopic (exact) mass is 429 g/mol. The molecule has 1 saturated carbocycles. The van der Waals surface area contributed by atoms with Crippen molar-refractivity contribution in [1.29, 1.82) is 0 Å². The van der Waals surface area contributed by atoms with E-state index in [4.69, 9.17) is 0 Å². The first-order valence-electron chi connectivity index (χ1n) is 9.44. The second-order valence-corrected chi connectivity index (χ2v) is 9.44.